The van der Waals surface area contributed by atoms with Crippen LogP contribution in [0.2, 0.25) is 4.34 Å². The number of carbonyl (C=O) groups is 1. The second kappa shape index (κ2) is 5.36. The Labute approximate surface area is 133 Å². The quantitative estimate of drug-likeness (QED) is 0.685. The minimum Gasteiger partial charge on any atom is -0.291 e. The average Bonchev–Trinajstić information content (AvgIpc) is 2.99. The normalized spacial score (nSPS) is 11.2. The lowest BCUT2D eigenvalue weighted by Crippen LogP contribution is -2.24. The number of aryl methyl sites for hydroxylation is 2. The van der Waals surface area contributed by atoms with Gasteiger partial charge in [-0.05, 0) is 31.5 Å². The second-order valence-corrected chi connectivity index (χ2v) is 7.59. The number of thiophene rings is 2. The summed E-state index contributed by atoms with van der Waals surface area (Å²) in [5.74, 6) is -0.139. The highest BCUT2D eigenvalue weighted by molar-refractivity contribution is 7.18. The molecule has 3 aromatic heterocycles. The molecule has 108 valence electrons. The van der Waals surface area contributed by atoms with E-state index in [4.69, 9.17) is 11.6 Å². The third kappa shape index (κ3) is 2.54. The number of aromatic nitrogens is 2. The van der Waals surface area contributed by atoms with Crippen molar-refractivity contribution >= 4 is 50.3 Å². The maximum Gasteiger partial charge on any atom is 0.262 e. The Hall–Kier alpha value is -1.50. The molecule has 0 bridgehead atoms. The summed E-state index contributed by atoms with van der Waals surface area (Å²) in [4.78, 5) is 31.3. The molecule has 0 amide bonds. The molecule has 0 radical (unpaired) electrons. The smallest absolute Gasteiger partial charge is 0.262 e. The van der Waals surface area contributed by atoms with Crippen molar-refractivity contribution in [2.75, 3.05) is 0 Å². The van der Waals surface area contributed by atoms with E-state index in [9.17, 15) is 9.59 Å². The molecule has 0 saturated heterocycles. The molecule has 3 aromatic rings. The van der Waals surface area contributed by atoms with Crippen molar-refractivity contribution in [2.45, 2.75) is 20.4 Å². The van der Waals surface area contributed by atoms with Gasteiger partial charge in [0.2, 0.25) is 0 Å². The number of ketones is 1. The summed E-state index contributed by atoms with van der Waals surface area (Å²) in [7, 11) is 0. The number of rotatable bonds is 3. The van der Waals surface area contributed by atoms with Gasteiger partial charge in [-0.1, -0.05) is 11.6 Å². The van der Waals surface area contributed by atoms with Gasteiger partial charge in [0.25, 0.3) is 5.56 Å². The minimum absolute atomic E-state index is 0.0209. The fraction of sp³-hybridized carbons (Fsp3) is 0.214. The predicted octanol–water partition coefficient (Wildman–Crippen LogP) is 3.67. The van der Waals surface area contributed by atoms with Crippen molar-refractivity contribution in [2.24, 2.45) is 0 Å². The van der Waals surface area contributed by atoms with Crippen LogP contribution in [0.4, 0.5) is 0 Å². The lowest BCUT2D eigenvalue weighted by molar-refractivity contribution is 0.0974. The molecule has 0 fully saturated rings. The predicted molar refractivity (Wildman–Crippen MR) is 87.0 cm³/mol. The van der Waals surface area contributed by atoms with E-state index in [2.05, 4.69) is 4.98 Å². The van der Waals surface area contributed by atoms with E-state index in [0.717, 1.165) is 15.3 Å². The van der Waals surface area contributed by atoms with Crippen molar-refractivity contribution in [3.8, 4) is 0 Å². The van der Waals surface area contributed by atoms with Crippen LogP contribution >= 0.6 is 34.3 Å². The Balaban J connectivity index is 2.02. The number of carbonyl (C=O) groups excluding carboxylic acids is 1. The number of Topliss-reactive ketones (excluding diaryl/α,β-unsaturated/α-hetero) is 1. The highest BCUT2D eigenvalue weighted by atomic mass is 35.5. The van der Waals surface area contributed by atoms with Gasteiger partial charge in [0.15, 0.2) is 5.78 Å². The Kier molecular flexibility index (Phi) is 3.69. The summed E-state index contributed by atoms with van der Waals surface area (Å²) in [6.07, 6.45) is 1.44. The largest absolute Gasteiger partial charge is 0.291 e. The monoisotopic (exact) mass is 338 g/mol. The third-order valence-electron chi connectivity index (χ3n) is 3.32. The molecule has 7 heteroatoms. The van der Waals surface area contributed by atoms with Gasteiger partial charge in [0, 0.05) is 4.88 Å². The van der Waals surface area contributed by atoms with Gasteiger partial charge < -0.3 is 0 Å². The molecule has 3 rings (SSSR count). The first-order valence-corrected chi connectivity index (χ1v) is 8.22. The molecule has 0 spiro atoms. The molecular weight excluding hydrogens is 328 g/mol. The second-order valence-electron chi connectivity index (χ2n) is 4.67. The molecule has 0 aliphatic heterocycles. The van der Waals surface area contributed by atoms with Crippen molar-refractivity contribution < 1.29 is 4.79 Å². The number of hydrogen-bond donors (Lipinski definition) is 0. The van der Waals surface area contributed by atoms with Crippen LogP contribution in [-0.4, -0.2) is 15.3 Å². The molecule has 0 N–H and O–H groups in total. The maximum atomic E-state index is 12.5. The lowest BCUT2D eigenvalue weighted by atomic mass is 10.2. The number of hydrogen-bond acceptors (Lipinski definition) is 5. The first-order valence-electron chi connectivity index (χ1n) is 6.21. The maximum absolute atomic E-state index is 12.5. The molecule has 0 unspecified atom stereocenters. The first kappa shape index (κ1) is 14.4. The highest BCUT2D eigenvalue weighted by Crippen LogP contribution is 2.26. The molecule has 0 aliphatic rings. The summed E-state index contributed by atoms with van der Waals surface area (Å²) in [6.45, 7) is 3.85. The van der Waals surface area contributed by atoms with Crippen LogP contribution in [-0.2, 0) is 6.54 Å². The van der Waals surface area contributed by atoms with E-state index in [0.29, 0.717) is 14.6 Å². The molecule has 4 nitrogen and oxygen atoms in total. The number of fused-ring (bicyclic) bond motifs is 1. The molecule has 21 heavy (non-hydrogen) atoms. The zero-order valence-electron chi connectivity index (χ0n) is 11.3. The molecule has 0 saturated carbocycles. The molecule has 0 aromatic carbocycles. The lowest BCUT2D eigenvalue weighted by Gasteiger charge is -2.03. The van der Waals surface area contributed by atoms with Gasteiger partial charge in [-0.15, -0.1) is 22.7 Å². The molecular formula is C14H11ClN2O2S2. The third-order valence-corrected chi connectivity index (χ3v) is 5.71. The Morgan fingerprint density at radius 2 is 2.10 bits per heavy atom. The summed E-state index contributed by atoms with van der Waals surface area (Å²) in [5, 5.41) is 0.608. The number of halogens is 1. The zero-order valence-corrected chi connectivity index (χ0v) is 13.7. The van der Waals surface area contributed by atoms with Crippen LogP contribution in [0.25, 0.3) is 10.2 Å². The van der Waals surface area contributed by atoms with Gasteiger partial charge >= 0.3 is 0 Å². The fourth-order valence-corrected chi connectivity index (χ4v) is 4.04. The standard InChI is InChI=1S/C14H11ClN2O2S2/c1-7-8(2)20-13-12(7)14(19)17(6-16-13)5-9(18)10-3-4-11(15)21-10/h3-4,6H,5H2,1-2H3. The van der Waals surface area contributed by atoms with Crippen molar-refractivity contribution in [3.63, 3.8) is 0 Å². The highest BCUT2D eigenvalue weighted by Gasteiger charge is 2.15. The summed E-state index contributed by atoms with van der Waals surface area (Å²) in [6, 6.07) is 3.35. The SMILES string of the molecule is Cc1sc2ncn(CC(=O)c3ccc(Cl)s3)c(=O)c2c1C. The van der Waals surface area contributed by atoms with Gasteiger partial charge in [0.1, 0.15) is 4.83 Å². The zero-order chi connectivity index (χ0) is 15.1. The summed E-state index contributed by atoms with van der Waals surface area (Å²) >= 11 is 8.54. The Bertz CT molecular complexity index is 907. The van der Waals surface area contributed by atoms with Gasteiger partial charge in [-0.25, -0.2) is 4.98 Å². The van der Waals surface area contributed by atoms with Crippen LogP contribution in [0.3, 0.4) is 0 Å². The van der Waals surface area contributed by atoms with Crippen molar-refractivity contribution in [1.82, 2.24) is 9.55 Å². The average molecular weight is 339 g/mol. The number of nitrogens with zero attached hydrogens (tertiary/aromatic N) is 2. The molecule has 0 atom stereocenters. The van der Waals surface area contributed by atoms with Crippen LogP contribution in [0.1, 0.15) is 20.1 Å². The van der Waals surface area contributed by atoms with Gasteiger partial charge in [-0.2, -0.15) is 0 Å². The van der Waals surface area contributed by atoms with Gasteiger partial charge in [0.05, 0.1) is 27.5 Å². The van der Waals surface area contributed by atoms with E-state index < -0.39 is 0 Å². The molecule has 3 heterocycles. The van der Waals surface area contributed by atoms with Crippen LogP contribution in [0.5, 0.6) is 0 Å². The van der Waals surface area contributed by atoms with E-state index in [-0.39, 0.29) is 17.9 Å². The Morgan fingerprint density at radius 3 is 2.76 bits per heavy atom. The van der Waals surface area contributed by atoms with E-state index >= 15 is 0 Å². The first-order chi connectivity index (χ1) is 9.97. The van der Waals surface area contributed by atoms with Crippen LogP contribution in [0.15, 0.2) is 23.3 Å². The van der Waals surface area contributed by atoms with E-state index in [1.54, 1.807) is 12.1 Å². The van der Waals surface area contributed by atoms with E-state index in [1.165, 1.54) is 33.6 Å². The fourth-order valence-electron chi connectivity index (χ4n) is 2.08. The van der Waals surface area contributed by atoms with E-state index in [1.807, 2.05) is 13.8 Å². The van der Waals surface area contributed by atoms with Crippen molar-refractivity contribution in [1.29, 1.82) is 0 Å². The minimum atomic E-state index is -0.169. The van der Waals surface area contributed by atoms with Crippen molar-refractivity contribution in [3.05, 3.63) is 48.5 Å². The van der Waals surface area contributed by atoms with Gasteiger partial charge in [-0.3, -0.25) is 14.2 Å². The topological polar surface area (TPSA) is 52.0 Å². The summed E-state index contributed by atoms with van der Waals surface area (Å²) in [5.41, 5.74) is 0.770. The molecule has 0 aliphatic carbocycles. The Morgan fingerprint density at radius 1 is 1.33 bits per heavy atom. The summed E-state index contributed by atoms with van der Waals surface area (Å²) < 4.78 is 1.92. The van der Waals surface area contributed by atoms with Crippen LogP contribution < -0.4 is 5.56 Å². The van der Waals surface area contributed by atoms with Crippen LogP contribution in [0, 0.1) is 13.8 Å².